The first kappa shape index (κ1) is 15.4. The van der Waals surface area contributed by atoms with E-state index in [4.69, 9.17) is 9.84 Å². The van der Waals surface area contributed by atoms with Crippen molar-refractivity contribution in [2.24, 2.45) is 0 Å². The van der Waals surface area contributed by atoms with Crippen molar-refractivity contribution in [2.45, 2.75) is 29.6 Å². The van der Waals surface area contributed by atoms with Gasteiger partial charge in [-0.05, 0) is 31.9 Å². The quantitative estimate of drug-likeness (QED) is 0.912. The minimum atomic E-state index is -3.65. The fourth-order valence-electron chi connectivity index (χ4n) is 2.23. The topological polar surface area (TPSA) is 83.9 Å². The number of methoxy groups -OCH3 is 1. The molecule has 0 radical (unpaired) electrons. The number of aromatic carboxylic acids is 1. The first-order valence-electron chi connectivity index (χ1n) is 6.17. The molecular formula is C12H17NO5S2. The molecule has 0 saturated carbocycles. The van der Waals surface area contributed by atoms with Crippen molar-refractivity contribution >= 4 is 27.3 Å². The smallest absolute Gasteiger partial charge is 0.345 e. The molecule has 0 aromatic carbocycles. The van der Waals surface area contributed by atoms with Crippen LogP contribution in [0, 0.1) is 0 Å². The Labute approximate surface area is 122 Å². The van der Waals surface area contributed by atoms with E-state index in [9.17, 15) is 13.2 Å². The third-order valence-electron chi connectivity index (χ3n) is 3.50. The molecule has 1 saturated heterocycles. The molecule has 1 aliphatic heterocycles. The Kier molecular flexibility index (Phi) is 4.19. The summed E-state index contributed by atoms with van der Waals surface area (Å²) in [6.45, 7) is 2.60. The number of carboxylic acid groups (broad SMARTS) is 1. The molecule has 2 rings (SSSR count). The van der Waals surface area contributed by atoms with Gasteiger partial charge in [0, 0.05) is 20.2 Å². The zero-order chi connectivity index (χ0) is 15.0. The summed E-state index contributed by atoms with van der Waals surface area (Å²) in [4.78, 5) is 10.9. The fraction of sp³-hybridized carbons (Fsp3) is 0.583. The van der Waals surface area contributed by atoms with Gasteiger partial charge >= 0.3 is 5.97 Å². The first-order valence-corrected chi connectivity index (χ1v) is 8.43. The van der Waals surface area contributed by atoms with Crippen molar-refractivity contribution < 1.29 is 23.1 Å². The second-order valence-electron chi connectivity index (χ2n) is 5.02. The Morgan fingerprint density at radius 1 is 1.50 bits per heavy atom. The molecule has 0 amide bonds. The predicted octanol–water partition coefficient (Wildman–Crippen LogP) is 1.64. The fourth-order valence-corrected chi connectivity index (χ4v) is 5.12. The lowest BCUT2D eigenvalue weighted by Gasteiger charge is -2.38. The molecule has 1 aromatic heterocycles. The third kappa shape index (κ3) is 2.88. The Morgan fingerprint density at radius 2 is 2.20 bits per heavy atom. The highest BCUT2D eigenvalue weighted by Crippen LogP contribution is 2.31. The van der Waals surface area contributed by atoms with Crippen LogP contribution >= 0.6 is 11.3 Å². The average Bonchev–Trinajstić information content (AvgIpc) is 2.89. The Balaban J connectivity index is 2.27. The predicted molar refractivity (Wildman–Crippen MR) is 74.7 cm³/mol. The third-order valence-corrected chi connectivity index (χ3v) is 6.89. The second-order valence-corrected chi connectivity index (χ2v) is 8.27. The van der Waals surface area contributed by atoms with Crippen molar-refractivity contribution in [1.29, 1.82) is 0 Å². The van der Waals surface area contributed by atoms with Crippen LogP contribution in [0.4, 0.5) is 0 Å². The molecule has 0 spiro atoms. The molecule has 1 aliphatic rings. The number of hydrogen-bond donors (Lipinski definition) is 1. The molecule has 0 aliphatic carbocycles. The van der Waals surface area contributed by atoms with E-state index in [1.807, 2.05) is 6.92 Å². The molecule has 2 heterocycles. The number of carbonyl (C=O) groups is 1. The van der Waals surface area contributed by atoms with Crippen LogP contribution in [-0.2, 0) is 14.8 Å². The van der Waals surface area contributed by atoms with Crippen molar-refractivity contribution in [3.8, 4) is 0 Å². The highest BCUT2D eigenvalue weighted by atomic mass is 32.2. The van der Waals surface area contributed by atoms with Crippen LogP contribution in [0.25, 0.3) is 0 Å². The standard InChI is InChI=1S/C12H17NO5S2/c1-12(18-2)6-3-7-13(8-12)20(16,17)10-5-4-9(19-10)11(14)15/h4-5H,3,6-8H2,1-2H3,(H,14,15). The van der Waals surface area contributed by atoms with Crippen LogP contribution in [0.15, 0.2) is 16.3 Å². The Bertz CT molecular complexity index is 609. The maximum absolute atomic E-state index is 12.5. The largest absolute Gasteiger partial charge is 0.477 e. The van der Waals surface area contributed by atoms with Gasteiger partial charge in [0.25, 0.3) is 10.0 Å². The number of piperidine rings is 1. The highest BCUT2D eigenvalue weighted by Gasteiger charge is 2.37. The average molecular weight is 319 g/mol. The molecule has 1 atom stereocenters. The van der Waals surface area contributed by atoms with Gasteiger partial charge in [-0.1, -0.05) is 0 Å². The van der Waals surface area contributed by atoms with Gasteiger partial charge in [0.1, 0.15) is 9.09 Å². The summed E-state index contributed by atoms with van der Waals surface area (Å²) < 4.78 is 31.9. The number of sulfonamides is 1. The van der Waals surface area contributed by atoms with Gasteiger partial charge in [-0.3, -0.25) is 0 Å². The molecular weight excluding hydrogens is 302 g/mol. The monoisotopic (exact) mass is 319 g/mol. The lowest BCUT2D eigenvalue weighted by molar-refractivity contribution is -0.0319. The maximum atomic E-state index is 12.5. The van der Waals surface area contributed by atoms with Crippen LogP contribution in [0.1, 0.15) is 29.4 Å². The summed E-state index contributed by atoms with van der Waals surface area (Å²) in [5.74, 6) is -1.11. The van der Waals surface area contributed by atoms with Gasteiger partial charge in [0.05, 0.1) is 5.60 Å². The van der Waals surface area contributed by atoms with Crippen LogP contribution in [0.3, 0.4) is 0 Å². The molecule has 20 heavy (non-hydrogen) atoms. The van der Waals surface area contributed by atoms with Crippen molar-refractivity contribution in [2.75, 3.05) is 20.2 Å². The number of thiophene rings is 1. The van der Waals surface area contributed by atoms with Gasteiger partial charge in [0.15, 0.2) is 0 Å². The van der Waals surface area contributed by atoms with Gasteiger partial charge in [0.2, 0.25) is 0 Å². The van der Waals surface area contributed by atoms with E-state index in [1.165, 1.54) is 16.4 Å². The SMILES string of the molecule is COC1(C)CCCN(S(=O)(=O)c2ccc(C(=O)O)s2)C1. The van der Waals surface area contributed by atoms with E-state index < -0.39 is 21.6 Å². The van der Waals surface area contributed by atoms with Crippen LogP contribution < -0.4 is 0 Å². The lowest BCUT2D eigenvalue weighted by Crippen LogP contribution is -2.49. The van der Waals surface area contributed by atoms with E-state index in [0.717, 1.165) is 24.2 Å². The van der Waals surface area contributed by atoms with E-state index in [0.29, 0.717) is 6.54 Å². The van der Waals surface area contributed by atoms with Gasteiger partial charge in [-0.25, -0.2) is 13.2 Å². The summed E-state index contributed by atoms with van der Waals surface area (Å²) in [6, 6.07) is 2.67. The van der Waals surface area contributed by atoms with Gasteiger partial charge in [-0.2, -0.15) is 4.31 Å². The summed E-state index contributed by atoms with van der Waals surface area (Å²) in [7, 11) is -2.07. The molecule has 1 fully saturated rings. The molecule has 1 N–H and O–H groups in total. The molecule has 112 valence electrons. The van der Waals surface area contributed by atoms with E-state index >= 15 is 0 Å². The van der Waals surface area contributed by atoms with Crippen molar-refractivity contribution in [3.63, 3.8) is 0 Å². The molecule has 8 heteroatoms. The number of ether oxygens (including phenoxy) is 1. The van der Waals surface area contributed by atoms with Gasteiger partial charge in [-0.15, -0.1) is 11.3 Å². The number of nitrogens with zero attached hydrogens (tertiary/aromatic N) is 1. The summed E-state index contributed by atoms with van der Waals surface area (Å²) in [5, 5.41) is 8.88. The van der Waals surface area contributed by atoms with Crippen LogP contribution in [-0.4, -0.2) is 49.6 Å². The zero-order valence-electron chi connectivity index (χ0n) is 11.3. The van der Waals surface area contributed by atoms with E-state index in [2.05, 4.69) is 0 Å². The molecule has 0 bridgehead atoms. The van der Waals surface area contributed by atoms with Crippen molar-refractivity contribution in [1.82, 2.24) is 4.31 Å². The second kappa shape index (κ2) is 5.44. The number of hydrogen-bond acceptors (Lipinski definition) is 5. The zero-order valence-corrected chi connectivity index (χ0v) is 13.0. The number of rotatable bonds is 4. The Morgan fingerprint density at radius 3 is 2.75 bits per heavy atom. The van der Waals surface area contributed by atoms with E-state index in [-0.39, 0.29) is 15.6 Å². The summed E-state index contributed by atoms with van der Waals surface area (Å²) >= 11 is 0.779. The number of carboxylic acids is 1. The van der Waals surface area contributed by atoms with E-state index in [1.54, 1.807) is 7.11 Å². The molecule has 1 unspecified atom stereocenters. The van der Waals surface area contributed by atoms with Gasteiger partial charge < -0.3 is 9.84 Å². The molecule has 6 nitrogen and oxygen atoms in total. The minimum Gasteiger partial charge on any atom is -0.477 e. The summed E-state index contributed by atoms with van der Waals surface area (Å²) in [5.41, 5.74) is -0.488. The molecule has 1 aromatic rings. The van der Waals surface area contributed by atoms with Crippen LogP contribution in [0.2, 0.25) is 0 Å². The van der Waals surface area contributed by atoms with Crippen LogP contribution in [0.5, 0.6) is 0 Å². The normalized spacial score (nSPS) is 24.7. The summed E-state index contributed by atoms with van der Waals surface area (Å²) in [6.07, 6.45) is 1.53. The van der Waals surface area contributed by atoms with Crippen molar-refractivity contribution in [3.05, 3.63) is 17.0 Å². The lowest BCUT2D eigenvalue weighted by atomic mass is 9.96. The first-order chi connectivity index (χ1) is 9.28. The Hall–Kier alpha value is -0.960. The maximum Gasteiger partial charge on any atom is 0.345 e. The minimum absolute atomic E-state index is 0.0232. The highest BCUT2D eigenvalue weighted by molar-refractivity contribution is 7.91.